The van der Waals surface area contributed by atoms with Gasteiger partial charge in [0, 0.05) is 23.0 Å². The summed E-state index contributed by atoms with van der Waals surface area (Å²) >= 11 is 6.07. The van der Waals surface area contributed by atoms with Crippen LogP contribution in [-0.4, -0.2) is 10.5 Å². The molecule has 1 N–H and O–H groups in total. The van der Waals surface area contributed by atoms with Crippen LogP contribution in [0.1, 0.15) is 21.5 Å². The maximum atomic E-state index is 13.0. The van der Waals surface area contributed by atoms with Gasteiger partial charge in [-0.1, -0.05) is 29.8 Å². The molecule has 0 saturated carbocycles. The number of carbonyl (C=O) groups excluding carboxylic acids is 1. The molecule has 4 nitrogen and oxygen atoms in total. The summed E-state index contributed by atoms with van der Waals surface area (Å²) < 4.78 is 14.4. The van der Waals surface area contributed by atoms with Gasteiger partial charge in [-0.05, 0) is 48.4 Å². The predicted octanol–water partition coefficient (Wildman–Crippen LogP) is 4.25. The van der Waals surface area contributed by atoms with Crippen LogP contribution >= 0.6 is 11.6 Å². The van der Waals surface area contributed by atoms with Crippen molar-refractivity contribution in [3.05, 3.63) is 98.7 Å². The smallest absolute Gasteiger partial charge is 0.257 e. The minimum Gasteiger partial charge on any atom is -0.322 e. The van der Waals surface area contributed by atoms with Crippen molar-refractivity contribution in [2.75, 3.05) is 5.32 Å². The SMILES string of the molecule is Cc1ccc(NC(=O)c2ccc(=O)n(Cc3ccc(F)cc3)c2)cc1Cl. The quantitative estimate of drug-likeness (QED) is 0.746. The number of carbonyl (C=O) groups is 1. The third kappa shape index (κ3) is 4.18. The zero-order valence-corrected chi connectivity index (χ0v) is 14.8. The topological polar surface area (TPSA) is 51.1 Å². The average Bonchev–Trinajstić information content (AvgIpc) is 2.62. The van der Waals surface area contributed by atoms with E-state index in [-0.39, 0.29) is 23.8 Å². The first kappa shape index (κ1) is 17.9. The van der Waals surface area contributed by atoms with Gasteiger partial charge in [0.15, 0.2) is 0 Å². The number of hydrogen-bond acceptors (Lipinski definition) is 2. The zero-order valence-electron chi connectivity index (χ0n) is 14.0. The molecule has 0 fully saturated rings. The van der Waals surface area contributed by atoms with Gasteiger partial charge in [0.2, 0.25) is 0 Å². The van der Waals surface area contributed by atoms with Crippen LogP contribution in [0.3, 0.4) is 0 Å². The Labute approximate surface area is 154 Å². The molecule has 0 aliphatic rings. The van der Waals surface area contributed by atoms with Gasteiger partial charge >= 0.3 is 0 Å². The van der Waals surface area contributed by atoms with Gasteiger partial charge in [-0.25, -0.2) is 4.39 Å². The van der Waals surface area contributed by atoms with E-state index in [1.165, 1.54) is 35.0 Å². The Kier molecular flexibility index (Phi) is 5.19. The van der Waals surface area contributed by atoms with Crippen LogP contribution in [0.5, 0.6) is 0 Å². The summed E-state index contributed by atoms with van der Waals surface area (Å²) in [7, 11) is 0. The Balaban J connectivity index is 1.81. The third-order valence-electron chi connectivity index (χ3n) is 3.94. The molecule has 1 amide bonds. The molecule has 1 aromatic heterocycles. The monoisotopic (exact) mass is 370 g/mol. The van der Waals surface area contributed by atoms with E-state index < -0.39 is 0 Å². The minimum absolute atomic E-state index is 0.246. The highest BCUT2D eigenvalue weighted by atomic mass is 35.5. The van der Waals surface area contributed by atoms with E-state index in [2.05, 4.69) is 5.32 Å². The first-order chi connectivity index (χ1) is 12.4. The summed E-state index contributed by atoms with van der Waals surface area (Å²) in [4.78, 5) is 24.5. The zero-order chi connectivity index (χ0) is 18.7. The number of benzene rings is 2. The second kappa shape index (κ2) is 7.54. The van der Waals surface area contributed by atoms with E-state index >= 15 is 0 Å². The van der Waals surface area contributed by atoms with Crippen LogP contribution in [0.4, 0.5) is 10.1 Å². The van der Waals surface area contributed by atoms with E-state index in [1.807, 2.05) is 13.0 Å². The maximum Gasteiger partial charge on any atom is 0.257 e. The maximum absolute atomic E-state index is 13.0. The molecule has 0 bridgehead atoms. The molecule has 3 rings (SSSR count). The number of rotatable bonds is 4. The minimum atomic E-state index is -0.349. The first-order valence-electron chi connectivity index (χ1n) is 7.95. The predicted molar refractivity (Wildman–Crippen MR) is 100 cm³/mol. The van der Waals surface area contributed by atoms with Crippen LogP contribution in [0.2, 0.25) is 5.02 Å². The van der Waals surface area contributed by atoms with Crippen molar-refractivity contribution in [2.45, 2.75) is 13.5 Å². The van der Waals surface area contributed by atoms with Gasteiger partial charge in [-0.15, -0.1) is 0 Å². The van der Waals surface area contributed by atoms with Crippen LogP contribution in [0.15, 0.2) is 65.6 Å². The number of anilines is 1. The summed E-state index contributed by atoms with van der Waals surface area (Å²) in [6.45, 7) is 2.12. The van der Waals surface area contributed by atoms with Gasteiger partial charge in [0.1, 0.15) is 5.82 Å². The number of hydrogen-bond donors (Lipinski definition) is 1. The fourth-order valence-corrected chi connectivity index (χ4v) is 2.63. The number of halogens is 2. The first-order valence-corrected chi connectivity index (χ1v) is 8.32. The van der Waals surface area contributed by atoms with E-state index in [9.17, 15) is 14.0 Å². The highest BCUT2D eigenvalue weighted by Crippen LogP contribution is 2.20. The second-order valence-electron chi connectivity index (χ2n) is 5.93. The number of pyridine rings is 1. The van der Waals surface area contributed by atoms with Crippen molar-refractivity contribution >= 4 is 23.2 Å². The van der Waals surface area contributed by atoms with Gasteiger partial charge in [0.25, 0.3) is 11.5 Å². The molecule has 0 radical (unpaired) electrons. The molecule has 0 spiro atoms. The molecular weight excluding hydrogens is 355 g/mol. The highest BCUT2D eigenvalue weighted by molar-refractivity contribution is 6.31. The number of aryl methyl sites for hydroxylation is 1. The molecule has 6 heteroatoms. The van der Waals surface area contributed by atoms with Gasteiger partial charge < -0.3 is 9.88 Å². The molecule has 0 aliphatic heterocycles. The summed E-state index contributed by atoms with van der Waals surface area (Å²) in [6, 6.07) is 13.9. The lowest BCUT2D eigenvalue weighted by atomic mass is 10.2. The Morgan fingerprint density at radius 1 is 1.12 bits per heavy atom. The standard InChI is InChI=1S/C20H16ClFN2O2/c1-13-2-8-17(10-18(13)21)23-20(26)15-5-9-19(25)24(12-15)11-14-3-6-16(22)7-4-14/h2-10,12H,11H2,1H3,(H,23,26). The van der Waals surface area contributed by atoms with Crippen LogP contribution in [0.25, 0.3) is 0 Å². The molecule has 132 valence electrons. The van der Waals surface area contributed by atoms with Gasteiger partial charge in [-0.3, -0.25) is 9.59 Å². The summed E-state index contributed by atoms with van der Waals surface area (Å²) in [6.07, 6.45) is 1.48. The number of aromatic nitrogens is 1. The van der Waals surface area contributed by atoms with Crippen LogP contribution < -0.4 is 10.9 Å². The molecule has 2 aromatic carbocycles. The van der Waals surface area contributed by atoms with Crippen molar-refractivity contribution in [1.29, 1.82) is 0 Å². The molecule has 0 atom stereocenters. The Morgan fingerprint density at radius 2 is 1.85 bits per heavy atom. The Morgan fingerprint density at radius 3 is 2.54 bits per heavy atom. The lowest BCUT2D eigenvalue weighted by molar-refractivity contribution is 0.102. The Hall–Kier alpha value is -2.92. The van der Waals surface area contributed by atoms with Gasteiger partial charge in [0.05, 0.1) is 12.1 Å². The second-order valence-corrected chi connectivity index (χ2v) is 6.34. The highest BCUT2D eigenvalue weighted by Gasteiger charge is 2.09. The lowest BCUT2D eigenvalue weighted by Gasteiger charge is -2.10. The molecule has 0 saturated heterocycles. The van der Waals surface area contributed by atoms with Crippen molar-refractivity contribution in [3.63, 3.8) is 0 Å². The van der Waals surface area contributed by atoms with Crippen molar-refractivity contribution in [2.24, 2.45) is 0 Å². The van der Waals surface area contributed by atoms with E-state index in [0.717, 1.165) is 11.1 Å². The fourth-order valence-electron chi connectivity index (χ4n) is 2.45. The van der Waals surface area contributed by atoms with E-state index in [4.69, 9.17) is 11.6 Å². The van der Waals surface area contributed by atoms with Crippen molar-refractivity contribution in [1.82, 2.24) is 4.57 Å². The molecular formula is C20H16ClFN2O2. The molecule has 26 heavy (non-hydrogen) atoms. The number of nitrogens with zero attached hydrogens (tertiary/aromatic N) is 1. The average molecular weight is 371 g/mol. The molecule has 0 unspecified atom stereocenters. The summed E-state index contributed by atoms with van der Waals surface area (Å²) in [5, 5.41) is 3.32. The molecule has 0 aliphatic carbocycles. The van der Waals surface area contributed by atoms with Gasteiger partial charge in [-0.2, -0.15) is 0 Å². The fraction of sp³-hybridized carbons (Fsp3) is 0.100. The van der Waals surface area contributed by atoms with Crippen LogP contribution in [-0.2, 0) is 6.54 Å². The lowest BCUT2D eigenvalue weighted by Crippen LogP contribution is -2.22. The van der Waals surface area contributed by atoms with E-state index in [1.54, 1.807) is 24.3 Å². The summed E-state index contributed by atoms with van der Waals surface area (Å²) in [5.74, 6) is -0.691. The number of nitrogens with one attached hydrogen (secondary N) is 1. The van der Waals surface area contributed by atoms with Crippen molar-refractivity contribution < 1.29 is 9.18 Å². The molecule has 1 heterocycles. The normalized spacial score (nSPS) is 10.6. The third-order valence-corrected chi connectivity index (χ3v) is 4.35. The van der Waals surface area contributed by atoms with Crippen molar-refractivity contribution in [3.8, 4) is 0 Å². The Bertz CT molecular complexity index is 1010. The largest absolute Gasteiger partial charge is 0.322 e. The van der Waals surface area contributed by atoms with E-state index in [0.29, 0.717) is 16.3 Å². The molecule has 3 aromatic rings. The number of amides is 1. The van der Waals surface area contributed by atoms with Crippen LogP contribution in [0, 0.1) is 12.7 Å². The summed E-state index contributed by atoms with van der Waals surface area (Å²) in [5.41, 5.74) is 2.34.